The summed E-state index contributed by atoms with van der Waals surface area (Å²) in [6.45, 7) is -0.185. The van der Waals surface area contributed by atoms with E-state index >= 15 is 0 Å². The largest absolute Gasteiger partial charge is 0.357 e. The first-order valence-electron chi connectivity index (χ1n) is 11.7. The molecule has 192 valence electrons. The van der Waals surface area contributed by atoms with Crippen molar-refractivity contribution >= 4 is 43.7 Å². The van der Waals surface area contributed by atoms with Crippen LogP contribution in [-0.2, 0) is 32.6 Å². The van der Waals surface area contributed by atoms with Crippen molar-refractivity contribution in [3.63, 3.8) is 0 Å². The molecule has 3 aromatic carbocycles. The first-order valence-corrected chi connectivity index (χ1v) is 13.9. The van der Waals surface area contributed by atoms with Crippen LogP contribution in [0.5, 0.6) is 0 Å². The summed E-state index contributed by atoms with van der Waals surface area (Å²) < 4.78 is 27.5. The van der Waals surface area contributed by atoms with Gasteiger partial charge in [0.05, 0.1) is 5.56 Å². The Morgan fingerprint density at radius 1 is 0.946 bits per heavy atom. The van der Waals surface area contributed by atoms with Gasteiger partial charge in [0.15, 0.2) is 0 Å². The number of nitrogens with one attached hydrogen (secondary N) is 1. The van der Waals surface area contributed by atoms with Crippen LogP contribution < -0.4 is 5.32 Å². The summed E-state index contributed by atoms with van der Waals surface area (Å²) in [6.07, 6.45) is 0.00688. The summed E-state index contributed by atoms with van der Waals surface area (Å²) in [4.78, 5) is 40.8. The Kier molecular flexibility index (Phi) is 8.09. The molecule has 10 heteroatoms. The number of halogens is 1. The number of amides is 3. The van der Waals surface area contributed by atoms with Gasteiger partial charge in [0, 0.05) is 37.5 Å². The molecule has 1 atom stereocenters. The van der Waals surface area contributed by atoms with E-state index in [0.717, 1.165) is 19.9 Å². The fourth-order valence-corrected chi connectivity index (χ4v) is 6.13. The van der Waals surface area contributed by atoms with Crippen LogP contribution in [0.3, 0.4) is 0 Å². The molecule has 4 rings (SSSR count). The minimum Gasteiger partial charge on any atom is -0.357 e. The van der Waals surface area contributed by atoms with Gasteiger partial charge in [-0.3, -0.25) is 14.4 Å². The molecule has 3 aromatic rings. The number of sulfonamides is 1. The van der Waals surface area contributed by atoms with Gasteiger partial charge >= 0.3 is 0 Å². The predicted octanol–water partition coefficient (Wildman–Crippen LogP) is 3.37. The SMILES string of the molecule is CNC(=O)[C@H](Cc1ccccc1)N(Cc1ccc(Br)cc1)C(=O)CCN1C(=O)c2ccccc2S1(=O)=O. The fourth-order valence-electron chi connectivity index (χ4n) is 4.30. The summed E-state index contributed by atoms with van der Waals surface area (Å²) >= 11 is 3.40. The third kappa shape index (κ3) is 5.75. The number of benzene rings is 3. The number of carbonyl (C=O) groups excluding carboxylic acids is 3. The Labute approximate surface area is 224 Å². The highest BCUT2D eigenvalue weighted by Crippen LogP contribution is 2.30. The zero-order valence-corrected chi connectivity index (χ0v) is 22.5. The van der Waals surface area contributed by atoms with Crippen LogP contribution in [0, 0.1) is 0 Å². The van der Waals surface area contributed by atoms with Crippen molar-refractivity contribution in [3.8, 4) is 0 Å². The maximum absolute atomic E-state index is 13.6. The normalized spacial score (nSPS) is 14.6. The third-order valence-corrected chi connectivity index (χ3v) is 8.59. The first-order chi connectivity index (χ1) is 17.7. The van der Waals surface area contributed by atoms with E-state index in [0.29, 0.717) is 0 Å². The second-order valence-electron chi connectivity index (χ2n) is 8.60. The number of carbonyl (C=O) groups is 3. The van der Waals surface area contributed by atoms with Crippen molar-refractivity contribution < 1.29 is 22.8 Å². The van der Waals surface area contributed by atoms with E-state index in [9.17, 15) is 22.8 Å². The molecule has 1 aliphatic heterocycles. The maximum atomic E-state index is 13.6. The molecule has 0 aliphatic carbocycles. The van der Waals surface area contributed by atoms with E-state index in [1.54, 1.807) is 12.1 Å². The fraction of sp³-hybridized carbons (Fsp3) is 0.222. The molecule has 0 unspecified atom stereocenters. The molecule has 0 saturated heterocycles. The average Bonchev–Trinajstić information content (AvgIpc) is 3.10. The zero-order valence-electron chi connectivity index (χ0n) is 20.1. The van der Waals surface area contributed by atoms with Crippen LogP contribution in [0.4, 0.5) is 0 Å². The lowest BCUT2D eigenvalue weighted by Crippen LogP contribution is -2.50. The number of hydrogen-bond acceptors (Lipinski definition) is 5. The highest BCUT2D eigenvalue weighted by Gasteiger charge is 2.41. The Morgan fingerprint density at radius 2 is 1.59 bits per heavy atom. The number of fused-ring (bicyclic) bond motifs is 1. The third-order valence-electron chi connectivity index (χ3n) is 6.22. The van der Waals surface area contributed by atoms with E-state index in [-0.39, 0.29) is 42.3 Å². The molecule has 0 fully saturated rings. The van der Waals surface area contributed by atoms with Crippen LogP contribution in [0.1, 0.15) is 27.9 Å². The Balaban J connectivity index is 1.61. The van der Waals surface area contributed by atoms with Gasteiger partial charge in [0.2, 0.25) is 11.8 Å². The molecule has 0 bridgehead atoms. The lowest BCUT2D eigenvalue weighted by Gasteiger charge is -2.31. The van der Waals surface area contributed by atoms with E-state index < -0.39 is 27.9 Å². The maximum Gasteiger partial charge on any atom is 0.269 e. The minimum absolute atomic E-state index is 0.0634. The van der Waals surface area contributed by atoms with Crippen LogP contribution >= 0.6 is 15.9 Å². The molecule has 0 saturated carbocycles. The van der Waals surface area contributed by atoms with Crippen molar-refractivity contribution in [2.45, 2.75) is 30.3 Å². The molecule has 0 aromatic heterocycles. The molecular weight excluding hydrogens is 558 g/mol. The summed E-state index contributed by atoms with van der Waals surface area (Å²) in [5.74, 6) is -1.44. The average molecular weight is 584 g/mol. The Hall–Kier alpha value is -3.50. The number of nitrogens with zero attached hydrogens (tertiary/aromatic N) is 2. The Morgan fingerprint density at radius 3 is 2.24 bits per heavy atom. The molecule has 3 amide bonds. The highest BCUT2D eigenvalue weighted by molar-refractivity contribution is 9.10. The zero-order chi connectivity index (χ0) is 26.6. The van der Waals surface area contributed by atoms with Crippen molar-refractivity contribution in [2.24, 2.45) is 0 Å². The predicted molar refractivity (Wildman–Crippen MR) is 142 cm³/mol. The summed E-state index contributed by atoms with van der Waals surface area (Å²) in [6, 6.07) is 21.9. The van der Waals surface area contributed by atoms with Crippen molar-refractivity contribution in [2.75, 3.05) is 13.6 Å². The molecule has 1 heterocycles. The molecular formula is C27H26BrN3O5S. The van der Waals surface area contributed by atoms with Gasteiger partial charge in [-0.15, -0.1) is 0 Å². The summed E-state index contributed by atoms with van der Waals surface area (Å²) in [5.41, 5.74) is 1.77. The summed E-state index contributed by atoms with van der Waals surface area (Å²) in [7, 11) is -2.53. The number of hydrogen-bond donors (Lipinski definition) is 1. The lowest BCUT2D eigenvalue weighted by atomic mass is 10.0. The topological polar surface area (TPSA) is 104 Å². The summed E-state index contributed by atoms with van der Waals surface area (Å²) in [5, 5.41) is 2.64. The van der Waals surface area contributed by atoms with Gasteiger partial charge < -0.3 is 10.2 Å². The van der Waals surface area contributed by atoms with Gasteiger partial charge in [-0.25, -0.2) is 12.7 Å². The molecule has 1 N–H and O–H groups in total. The second-order valence-corrected chi connectivity index (χ2v) is 11.3. The standard InChI is InChI=1S/C27H26BrN3O5S/c1-29-26(33)23(17-19-7-3-2-4-8-19)30(18-20-11-13-21(28)14-12-20)25(32)15-16-31-27(34)22-9-5-6-10-24(22)37(31,35)36/h2-14,23H,15-18H2,1H3,(H,29,33)/t23-/m0/s1. The van der Waals surface area contributed by atoms with Crippen LogP contribution in [0.15, 0.2) is 88.2 Å². The van der Waals surface area contributed by atoms with Crippen molar-refractivity contribution in [1.82, 2.24) is 14.5 Å². The smallest absolute Gasteiger partial charge is 0.269 e. The van der Waals surface area contributed by atoms with E-state index in [1.807, 2.05) is 54.6 Å². The molecule has 0 radical (unpaired) electrons. The molecule has 1 aliphatic rings. The van der Waals surface area contributed by atoms with Crippen molar-refractivity contribution in [1.29, 1.82) is 0 Å². The second kappa shape index (κ2) is 11.3. The van der Waals surface area contributed by atoms with Gasteiger partial charge in [0.25, 0.3) is 15.9 Å². The van der Waals surface area contributed by atoms with Gasteiger partial charge in [0.1, 0.15) is 10.9 Å². The molecule has 8 nitrogen and oxygen atoms in total. The lowest BCUT2D eigenvalue weighted by molar-refractivity contribution is -0.141. The molecule has 37 heavy (non-hydrogen) atoms. The van der Waals surface area contributed by atoms with E-state index in [2.05, 4.69) is 21.2 Å². The van der Waals surface area contributed by atoms with Gasteiger partial charge in [-0.05, 0) is 35.4 Å². The molecule has 0 spiro atoms. The van der Waals surface area contributed by atoms with E-state index in [1.165, 1.54) is 24.1 Å². The van der Waals surface area contributed by atoms with Gasteiger partial charge in [-0.2, -0.15) is 0 Å². The number of likely N-dealkylation sites (N-methyl/N-ethyl adjacent to an activating group) is 1. The number of rotatable bonds is 9. The quantitative estimate of drug-likeness (QED) is 0.416. The Bertz CT molecular complexity index is 1410. The van der Waals surface area contributed by atoms with Crippen LogP contribution in [0.2, 0.25) is 0 Å². The minimum atomic E-state index is -4.04. The van der Waals surface area contributed by atoms with Gasteiger partial charge in [-0.1, -0.05) is 70.5 Å². The monoisotopic (exact) mass is 583 g/mol. The highest BCUT2D eigenvalue weighted by atomic mass is 79.9. The first kappa shape index (κ1) is 26.6. The van der Waals surface area contributed by atoms with Crippen molar-refractivity contribution in [3.05, 3.63) is 100 Å². The van der Waals surface area contributed by atoms with Crippen LogP contribution in [0.25, 0.3) is 0 Å². The van der Waals surface area contributed by atoms with Crippen LogP contribution in [-0.4, -0.2) is 55.0 Å². The van der Waals surface area contributed by atoms with E-state index in [4.69, 9.17) is 0 Å².